The van der Waals surface area contributed by atoms with Crippen LogP contribution in [-0.4, -0.2) is 22.0 Å². The van der Waals surface area contributed by atoms with E-state index in [0.717, 1.165) is 30.6 Å². The Morgan fingerprint density at radius 1 is 1.33 bits per heavy atom. The maximum atomic E-state index is 12.8. The molecule has 1 aromatic carbocycles. The van der Waals surface area contributed by atoms with Gasteiger partial charge in [0.2, 0.25) is 0 Å². The van der Waals surface area contributed by atoms with Crippen LogP contribution in [0.3, 0.4) is 0 Å². The molecule has 5 nitrogen and oxygen atoms in total. The second kappa shape index (κ2) is 7.17. The number of amides is 1. The van der Waals surface area contributed by atoms with Gasteiger partial charge in [-0.25, -0.2) is 0 Å². The molecule has 21 heavy (non-hydrogen) atoms. The fourth-order valence-corrected chi connectivity index (χ4v) is 2.82. The largest absolute Gasteiger partial charge is 0.399 e. The van der Waals surface area contributed by atoms with Gasteiger partial charge in [0.05, 0.1) is 5.69 Å². The van der Waals surface area contributed by atoms with Gasteiger partial charge in [-0.15, -0.1) is 5.10 Å². The predicted molar refractivity (Wildman–Crippen MR) is 86.7 cm³/mol. The minimum Gasteiger partial charge on any atom is -0.399 e. The van der Waals surface area contributed by atoms with Gasteiger partial charge < -0.3 is 10.6 Å². The topological polar surface area (TPSA) is 72.1 Å². The Bertz CT molecular complexity index is 611. The molecule has 0 unspecified atom stereocenters. The average Bonchev–Trinajstić information content (AvgIpc) is 2.93. The van der Waals surface area contributed by atoms with Crippen LogP contribution in [0.5, 0.6) is 0 Å². The minimum atomic E-state index is -0.0408. The molecule has 1 aromatic heterocycles. The van der Waals surface area contributed by atoms with Crippen LogP contribution in [0.15, 0.2) is 24.3 Å². The van der Waals surface area contributed by atoms with Crippen molar-refractivity contribution in [3.8, 4) is 0 Å². The van der Waals surface area contributed by atoms with Gasteiger partial charge in [0.15, 0.2) is 0 Å². The van der Waals surface area contributed by atoms with Gasteiger partial charge in [0.1, 0.15) is 4.88 Å². The zero-order valence-electron chi connectivity index (χ0n) is 12.4. The highest BCUT2D eigenvalue weighted by atomic mass is 32.1. The lowest BCUT2D eigenvalue weighted by molar-refractivity contribution is 0.0989. The molecule has 0 aliphatic rings. The van der Waals surface area contributed by atoms with E-state index in [1.54, 1.807) is 4.90 Å². The SMILES string of the molecule is CCCc1nnsc1C(=O)N(CCC)c1cccc(N)c1. The van der Waals surface area contributed by atoms with Gasteiger partial charge in [0, 0.05) is 17.9 Å². The van der Waals surface area contributed by atoms with Gasteiger partial charge in [-0.1, -0.05) is 30.8 Å². The molecule has 0 spiro atoms. The number of anilines is 2. The Kier molecular flexibility index (Phi) is 5.27. The zero-order chi connectivity index (χ0) is 15.2. The van der Waals surface area contributed by atoms with Gasteiger partial charge in [0.25, 0.3) is 5.91 Å². The van der Waals surface area contributed by atoms with Crippen molar-refractivity contribution in [1.29, 1.82) is 0 Å². The summed E-state index contributed by atoms with van der Waals surface area (Å²) in [5.41, 5.74) is 8.09. The summed E-state index contributed by atoms with van der Waals surface area (Å²) in [6.45, 7) is 4.76. The maximum absolute atomic E-state index is 12.8. The second-order valence-corrected chi connectivity index (χ2v) is 5.60. The number of nitrogens with zero attached hydrogens (tertiary/aromatic N) is 3. The average molecular weight is 304 g/mol. The molecular weight excluding hydrogens is 284 g/mol. The van der Waals surface area contributed by atoms with Crippen molar-refractivity contribution in [3.63, 3.8) is 0 Å². The predicted octanol–water partition coefficient (Wildman–Crippen LogP) is 3.13. The summed E-state index contributed by atoms with van der Waals surface area (Å²) in [6.07, 6.45) is 2.59. The van der Waals surface area contributed by atoms with Crippen LogP contribution in [0.25, 0.3) is 0 Å². The van der Waals surface area contributed by atoms with Crippen molar-refractivity contribution < 1.29 is 4.79 Å². The van der Waals surface area contributed by atoms with Crippen LogP contribution in [0.1, 0.15) is 42.1 Å². The van der Waals surface area contributed by atoms with E-state index in [0.29, 0.717) is 17.1 Å². The highest BCUT2D eigenvalue weighted by molar-refractivity contribution is 7.08. The Labute approximate surface area is 128 Å². The third-order valence-corrected chi connectivity index (χ3v) is 3.87. The molecule has 2 N–H and O–H groups in total. The summed E-state index contributed by atoms with van der Waals surface area (Å²) in [5.74, 6) is -0.0408. The lowest BCUT2D eigenvalue weighted by Gasteiger charge is -2.22. The van der Waals surface area contributed by atoms with Crippen LogP contribution in [0.2, 0.25) is 0 Å². The number of nitrogens with two attached hydrogens (primary N) is 1. The number of hydrogen-bond acceptors (Lipinski definition) is 5. The highest BCUT2D eigenvalue weighted by Crippen LogP contribution is 2.23. The van der Waals surface area contributed by atoms with Gasteiger partial charge >= 0.3 is 0 Å². The van der Waals surface area contributed by atoms with E-state index in [4.69, 9.17) is 5.73 Å². The van der Waals surface area contributed by atoms with E-state index < -0.39 is 0 Å². The third kappa shape index (κ3) is 3.58. The quantitative estimate of drug-likeness (QED) is 0.832. The lowest BCUT2D eigenvalue weighted by Crippen LogP contribution is -2.31. The first-order valence-corrected chi connectivity index (χ1v) is 7.93. The van der Waals surface area contributed by atoms with Gasteiger partial charge in [-0.3, -0.25) is 4.79 Å². The number of aromatic nitrogens is 2. The standard InChI is InChI=1S/C15H20N4OS/c1-3-6-13-14(21-18-17-13)15(20)19(9-4-2)12-8-5-7-11(16)10-12/h5,7-8,10H,3-4,6,9,16H2,1-2H3. The summed E-state index contributed by atoms with van der Waals surface area (Å²) >= 11 is 1.17. The molecule has 0 fully saturated rings. The molecule has 2 aromatic rings. The third-order valence-electron chi connectivity index (χ3n) is 3.11. The summed E-state index contributed by atoms with van der Waals surface area (Å²) in [5, 5.41) is 4.08. The summed E-state index contributed by atoms with van der Waals surface area (Å²) in [6, 6.07) is 7.40. The molecule has 6 heteroatoms. The first kappa shape index (κ1) is 15.4. The van der Waals surface area contributed by atoms with Crippen molar-refractivity contribution in [3.05, 3.63) is 34.8 Å². The number of carbonyl (C=O) groups excluding carboxylic acids is 1. The number of aryl methyl sites for hydroxylation is 1. The molecule has 0 atom stereocenters. The summed E-state index contributed by atoms with van der Waals surface area (Å²) in [4.78, 5) is 15.2. The number of nitrogen functional groups attached to an aromatic ring is 1. The Hall–Kier alpha value is -1.95. The Morgan fingerprint density at radius 3 is 2.81 bits per heavy atom. The van der Waals surface area contributed by atoms with Crippen LogP contribution < -0.4 is 10.6 Å². The maximum Gasteiger partial charge on any atom is 0.271 e. The fourth-order valence-electron chi connectivity index (χ4n) is 2.16. The molecule has 0 aliphatic heterocycles. The van der Waals surface area contributed by atoms with E-state index in [-0.39, 0.29) is 5.91 Å². The number of carbonyl (C=O) groups is 1. The molecule has 0 saturated heterocycles. The molecule has 0 bridgehead atoms. The van der Waals surface area contributed by atoms with Crippen molar-refractivity contribution in [2.45, 2.75) is 33.1 Å². The first-order chi connectivity index (χ1) is 10.2. The minimum absolute atomic E-state index is 0.0408. The molecule has 112 valence electrons. The molecular formula is C15H20N4OS. The second-order valence-electron chi connectivity index (χ2n) is 4.85. The van der Waals surface area contributed by atoms with Crippen molar-refractivity contribution in [2.75, 3.05) is 17.2 Å². The normalized spacial score (nSPS) is 10.6. The number of hydrogen-bond donors (Lipinski definition) is 1. The van der Waals surface area contributed by atoms with Crippen LogP contribution in [0, 0.1) is 0 Å². The molecule has 0 radical (unpaired) electrons. The lowest BCUT2D eigenvalue weighted by atomic mass is 10.2. The molecule has 1 heterocycles. The fraction of sp³-hybridized carbons (Fsp3) is 0.400. The van der Waals surface area contributed by atoms with Crippen molar-refractivity contribution in [1.82, 2.24) is 9.59 Å². The van der Waals surface area contributed by atoms with E-state index in [1.165, 1.54) is 11.5 Å². The Balaban J connectivity index is 2.33. The molecule has 2 rings (SSSR count). The van der Waals surface area contributed by atoms with E-state index in [2.05, 4.69) is 16.5 Å². The Morgan fingerprint density at radius 2 is 2.14 bits per heavy atom. The van der Waals surface area contributed by atoms with Crippen LogP contribution in [0.4, 0.5) is 11.4 Å². The van der Waals surface area contributed by atoms with Crippen molar-refractivity contribution >= 4 is 28.8 Å². The van der Waals surface area contributed by atoms with Gasteiger partial charge in [-0.2, -0.15) is 0 Å². The van der Waals surface area contributed by atoms with Crippen molar-refractivity contribution in [2.24, 2.45) is 0 Å². The first-order valence-electron chi connectivity index (χ1n) is 7.16. The van der Waals surface area contributed by atoms with E-state index in [1.807, 2.05) is 31.2 Å². The zero-order valence-corrected chi connectivity index (χ0v) is 13.2. The summed E-state index contributed by atoms with van der Waals surface area (Å²) in [7, 11) is 0. The van der Waals surface area contributed by atoms with Crippen LogP contribution in [-0.2, 0) is 6.42 Å². The number of rotatable bonds is 6. The smallest absolute Gasteiger partial charge is 0.271 e. The molecule has 0 aliphatic carbocycles. The monoisotopic (exact) mass is 304 g/mol. The molecule has 1 amide bonds. The van der Waals surface area contributed by atoms with E-state index >= 15 is 0 Å². The number of benzene rings is 1. The van der Waals surface area contributed by atoms with Gasteiger partial charge in [-0.05, 0) is 42.6 Å². The van der Waals surface area contributed by atoms with E-state index in [9.17, 15) is 4.79 Å². The highest BCUT2D eigenvalue weighted by Gasteiger charge is 2.22. The molecule has 0 saturated carbocycles. The van der Waals surface area contributed by atoms with Crippen LogP contribution >= 0.6 is 11.5 Å². The summed E-state index contributed by atoms with van der Waals surface area (Å²) < 4.78 is 3.94.